The molecule has 0 saturated carbocycles. The van der Waals surface area contributed by atoms with Gasteiger partial charge in [-0.2, -0.15) is 0 Å². The van der Waals surface area contributed by atoms with E-state index in [-0.39, 0.29) is 65.6 Å². The molecule has 5 rings (SSSR count). The van der Waals surface area contributed by atoms with Crippen LogP contribution in [0, 0.1) is 33.8 Å². The van der Waals surface area contributed by atoms with Crippen LogP contribution in [0.5, 0.6) is 11.5 Å². The fourth-order valence-electron chi connectivity index (χ4n) is 5.37. The maximum absolute atomic E-state index is 13.0. The van der Waals surface area contributed by atoms with E-state index in [0.717, 1.165) is 0 Å². The molecule has 2 aromatic rings. The van der Waals surface area contributed by atoms with E-state index in [1.807, 2.05) is 19.1 Å². The lowest BCUT2D eigenvalue weighted by Gasteiger charge is -2.22. The Hall–Kier alpha value is -4.54. The Bertz CT molecular complexity index is 1370. The van der Waals surface area contributed by atoms with Crippen LogP contribution in [-0.2, 0) is 19.2 Å². The molecule has 2 fully saturated rings. The van der Waals surface area contributed by atoms with Crippen molar-refractivity contribution in [2.45, 2.75) is 19.8 Å². The number of allylic oxidation sites excluding steroid dienone is 2. The van der Waals surface area contributed by atoms with Gasteiger partial charge >= 0.3 is 5.97 Å². The normalized spacial score (nSPS) is 24.5. The Morgan fingerprint density at radius 2 is 1.82 bits per heavy atom. The van der Waals surface area contributed by atoms with Crippen molar-refractivity contribution in [1.29, 1.82) is 0 Å². The van der Waals surface area contributed by atoms with Crippen molar-refractivity contribution < 1.29 is 33.6 Å². The number of amides is 3. The highest BCUT2D eigenvalue weighted by molar-refractivity contribution is 6.22. The van der Waals surface area contributed by atoms with Gasteiger partial charge in [0.2, 0.25) is 17.7 Å². The van der Waals surface area contributed by atoms with Crippen LogP contribution >= 0.6 is 0 Å². The third-order valence-corrected chi connectivity index (χ3v) is 7.31. The number of esters is 1. The summed E-state index contributed by atoms with van der Waals surface area (Å²) in [5.74, 6) is -2.58. The van der Waals surface area contributed by atoms with Crippen LogP contribution < -0.4 is 19.3 Å². The zero-order chi connectivity index (χ0) is 27.1. The average molecular weight is 520 g/mol. The molecule has 38 heavy (non-hydrogen) atoms. The number of nitrogens with zero attached hydrogens (tertiary/aromatic N) is 3. The smallest absolute Gasteiger partial charge is 0.316 e. The van der Waals surface area contributed by atoms with E-state index < -0.39 is 16.8 Å². The number of benzene rings is 2. The summed E-state index contributed by atoms with van der Waals surface area (Å²) in [5, 5.41) is 11.1. The molecule has 0 unspecified atom stereocenters. The van der Waals surface area contributed by atoms with Gasteiger partial charge in [0.1, 0.15) is 11.5 Å². The molecule has 2 aliphatic heterocycles. The number of hydrogen-bond acceptors (Lipinski definition) is 8. The van der Waals surface area contributed by atoms with Crippen molar-refractivity contribution >= 4 is 40.8 Å². The van der Waals surface area contributed by atoms with Gasteiger partial charge in [0.25, 0.3) is 5.69 Å². The van der Waals surface area contributed by atoms with Gasteiger partial charge in [-0.05, 0) is 42.7 Å². The van der Waals surface area contributed by atoms with Crippen molar-refractivity contribution in [3.05, 3.63) is 64.7 Å². The molecule has 2 saturated heterocycles. The number of carbonyl (C=O) groups excluding carboxylic acids is 4. The number of hydrogen-bond donors (Lipinski definition) is 0. The topological polar surface area (TPSA) is 136 Å². The highest BCUT2D eigenvalue weighted by atomic mass is 16.6. The lowest BCUT2D eigenvalue weighted by Crippen LogP contribution is -2.31. The molecular weight excluding hydrogens is 494 g/mol. The second-order valence-electron chi connectivity index (χ2n) is 9.60. The third kappa shape index (κ3) is 4.29. The lowest BCUT2D eigenvalue weighted by molar-refractivity contribution is -0.384. The predicted octanol–water partition coefficient (Wildman–Crippen LogP) is 3.26. The molecule has 196 valence electrons. The Balaban J connectivity index is 1.26. The first-order valence-electron chi connectivity index (χ1n) is 12.2. The van der Waals surface area contributed by atoms with E-state index in [1.54, 1.807) is 12.1 Å². The molecule has 4 atom stereocenters. The zero-order valence-corrected chi connectivity index (χ0v) is 20.7. The SMILES string of the molecule is COc1cc([N+](=O)[O-])ccc1N1C[C@H](C(=O)Oc2ccc(N3C(=O)[C@@H]4[C@@H](C)C=CC[C@H]4C3=O)cc2)CC1=O. The van der Waals surface area contributed by atoms with Gasteiger partial charge in [0.05, 0.1) is 47.2 Å². The third-order valence-electron chi connectivity index (χ3n) is 7.31. The molecule has 11 nitrogen and oxygen atoms in total. The van der Waals surface area contributed by atoms with E-state index in [2.05, 4.69) is 0 Å². The van der Waals surface area contributed by atoms with Gasteiger partial charge < -0.3 is 14.4 Å². The monoisotopic (exact) mass is 519 g/mol. The second-order valence-corrected chi connectivity index (χ2v) is 9.60. The molecule has 0 aromatic heterocycles. The minimum absolute atomic E-state index is 0.0184. The standard InChI is InChI=1S/C27H25N3O8/c1-15-4-3-5-20-24(15)26(33)29(25(20)32)17-6-9-19(10-7-17)38-27(34)16-12-23(31)28(14-16)21-11-8-18(30(35)36)13-22(21)37-2/h3-4,6-11,13,15-16,20,24H,5,12,14H2,1-2H3/t15-,16+,20+,24+/m0/s1. The first-order valence-corrected chi connectivity index (χ1v) is 12.2. The number of nitro groups is 1. The van der Waals surface area contributed by atoms with Crippen molar-refractivity contribution in [2.24, 2.45) is 23.7 Å². The van der Waals surface area contributed by atoms with Gasteiger partial charge in [0, 0.05) is 19.0 Å². The molecule has 2 heterocycles. The minimum atomic E-state index is -0.763. The summed E-state index contributed by atoms with van der Waals surface area (Å²) in [6.45, 7) is 1.95. The van der Waals surface area contributed by atoms with Gasteiger partial charge in [-0.3, -0.25) is 34.2 Å². The summed E-state index contributed by atoms with van der Waals surface area (Å²) in [4.78, 5) is 64.4. The molecule has 3 aliphatic rings. The molecule has 0 N–H and O–H groups in total. The summed E-state index contributed by atoms with van der Waals surface area (Å²) in [5.41, 5.74) is 0.556. The number of fused-ring (bicyclic) bond motifs is 1. The molecular formula is C27H25N3O8. The second kappa shape index (κ2) is 9.73. The fourth-order valence-corrected chi connectivity index (χ4v) is 5.37. The number of nitro benzene ring substituents is 1. The van der Waals surface area contributed by atoms with E-state index in [9.17, 15) is 29.3 Å². The van der Waals surface area contributed by atoms with Crippen LogP contribution in [0.1, 0.15) is 19.8 Å². The number of carbonyl (C=O) groups is 4. The summed E-state index contributed by atoms with van der Waals surface area (Å²) in [6, 6.07) is 10.0. The predicted molar refractivity (Wildman–Crippen MR) is 135 cm³/mol. The van der Waals surface area contributed by atoms with Gasteiger partial charge in [-0.25, -0.2) is 0 Å². The maximum atomic E-state index is 13.0. The quantitative estimate of drug-likeness (QED) is 0.142. The summed E-state index contributed by atoms with van der Waals surface area (Å²) in [7, 11) is 1.34. The van der Waals surface area contributed by atoms with Crippen LogP contribution in [0.3, 0.4) is 0 Å². The fraction of sp³-hybridized carbons (Fsp3) is 0.333. The van der Waals surface area contributed by atoms with E-state index in [1.165, 1.54) is 47.2 Å². The Morgan fingerprint density at radius 3 is 2.47 bits per heavy atom. The molecule has 0 bridgehead atoms. The lowest BCUT2D eigenvalue weighted by atomic mass is 9.78. The number of non-ortho nitro benzene ring substituents is 1. The van der Waals surface area contributed by atoms with Gasteiger partial charge in [0.15, 0.2) is 0 Å². The maximum Gasteiger partial charge on any atom is 0.316 e. The molecule has 3 amide bonds. The van der Waals surface area contributed by atoms with Gasteiger partial charge in [-0.1, -0.05) is 19.1 Å². The molecule has 2 aromatic carbocycles. The van der Waals surface area contributed by atoms with Crippen molar-refractivity contribution in [2.75, 3.05) is 23.5 Å². The summed E-state index contributed by atoms with van der Waals surface area (Å²) in [6.07, 6.45) is 4.35. The molecule has 11 heteroatoms. The largest absolute Gasteiger partial charge is 0.494 e. The van der Waals surface area contributed by atoms with Gasteiger partial charge in [-0.15, -0.1) is 0 Å². The van der Waals surface area contributed by atoms with E-state index >= 15 is 0 Å². The summed E-state index contributed by atoms with van der Waals surface area (Å²) < 4.78 is 10.7. The first-order chi connectivity index (χ1) is 18.2. The molecule has 0 spiro atoms. The van der Waals surface area contributed by atoms with Crippen LogP contribution in [0.25, 0.3) is 0 Å². The number of anilines is 2. The van der Waals surface area contributed by atoms with E-state index in [4.69, 9.17) is 9.47 Å². The highest BCUT2D eigenvalue weighted by Crippen LogP contribution is 2.41. The Morgan fingerprint density at radius 1 is 1.08 bits per heavy atom. The molecule has 0 radical (unpaired) electrons. The molecule has 1 aliphatic carbocycles. The van der Waals surface area contributed by atoms with Crippen LogP contribution in [0.2, 0.25) is 0 Å². The highest BCUT2D eigenvalue weighted by Gasteiger charge is 2.50. The summed E-state index contributed by atoms with van der Waals surface area (Å²) >= 11 is 0. The van der Waals surface area contributed by atoms with Crippen molar-refractivity contribution in [3.8, 4) is 11.5 Å². The van der Waals surface area contributed by atoms with E-state index in [0.29, 0.717) is 17.8 Å². The zero-order valence-electron chi connectivity index (χ0n) is 20.7. The minimum Gasteiger partial charge on any atom is -0.494 e. The number of rotatable bonds is 6. The van der Waals surface area contributed by atoms with Crippen molar-refractivity contribution in [1.82, 2.24) is 0 Å². The van der Waals surface area contributed by atoms with Crippen LogP contribution in [0.15, 0.2) is 54.6 Å². The Kier molecular flexibility index (Phi) is 6.43. The van der Waals surface area contributed by atoms with Crippen molar-refractivity contribution in [3.63, 3.8) is 0 Å². The van der Waals surface area contributed by atoms with Crippen LogP contribution in [-0.4, -0.2) is 42.3 Å². The first kappa shape index (κ1) is 25.1. The number of ether oxygens (including phenoxy) is 2. The van der Waals surface area contributed by atoms with Crippen LogP contribution in [0.4, 0.5) is 17.1 Å². The average Bonchev–Trinajstić information content (AvgIpc) is 3.41. The number of methoxy groups -OCH3 is 1. The number of imide groups is 1. The Labute approximate surface area is 217 Å².